The molecule has 20 heavy (non-hydrogen) atoms. The number of aromatic nitrogens is 1. The van der Waals surface area contributed by atoms with Gasteiger partial charge in [0.15, 0.2) is 0 Å². The molecule has 0 saturated carbocycles. The van der Waals surface area contributed by atoms with Crippen molar-refractivity contribution in [1.82, 2.24) is 10.3 Å². The lowest BCUT2D eigenvalue weighted by molar-refractivity contribution is 0.300. The van der Waals surface area contributed by atoms with Crippen LogP contribution in [0, 0.1) is 25.2 Å². The fourth-order valence-electron chi connectivity index (χ4n) is 2.77. The van der Waals surface area contributed by atoms with E-state index in [0.29, 0.717) is 24.0 Å². The number of aliphatic hydroxyl groups is 1. The number of nitrogens with zero attached hydrogens (tertiary/aromatic N) is 3. The SMILES string of the molecule is Cc1cc(C)c(C#N)c(N(CCO)CC2CCCN2)n1. The van der Waals surface area contributed by atoms with Crippen LogP contribution in [0.25, 0.3) is 0 Å². The van der Waals surface area contributed by atoms with Gasteiger partial charge in [0, 0.05) is 24.8 Å². The first-order valence-corrected chi connectivity index (χ1v) is 7.13. The molecule has 1 aromatic heterocycles. The Morgan fingerprint density at radius 1 is 1.55 bits per heavy atom. The Labute approximate surface area is 120 Å². The van der Waals surface area contributed by atoms with Gasteiger partial charge in [-0.25, -0.2) is 4.98 Å². The van der Waals surface area contributed by atoms with Crippen LogP contribution in [0.2, 0.25) is 0 Å². The predicted octanol–water partition coefficient (Wildman–Crippen LogP) is 1.12. The molecule has 0 aromatic carbocycles. The first kappa shape index (κ1) is 14.8. The molecule has 2 heterocycles. The van der Waals surface area contributed by atoms with E-state index in [2.05, 4.69) is 16.4 Å². The van der Waals surface area contributed by atoms with Crippen LogP contribution in [0.5, 0.6) is 0 Å². The smallest absolute Gasteiger partial charge is 0.147 e. The average molecular weight is 274 g/mol. The number of nitriles is 1. The Balaban J connectivity index is 2.30. The van der Waals surface area contributed by atoms with Gasteiger partial charge in [-0.2, -0.15) is 5.26 Å². The summed E-state index contributed by atoms with van der Waals surface area (Å²) in [6, 6.07) is 4.58. The number of hydrogen-bond donors (Lipinski definition) is 2. The van der Waals surface area contributed by atoms with Gasteiger partial charge in [0.05, 0.1) is 12.2 Å². The third-order valence-electron chi connectivity index (χ3n) is 3.71. The van der Waals surface area contributed by atoms with Crippen LogP contribution < -0.4 is 10.2 Å². The Morgan fingerprint density at radius 2 is 2.35 bits per heavy atom. The monoisotopic (exact) mass is 274 g/mol. The van der Waals surface area contributed by atoms with Crippen LogP contribution in [0.15, 0.2) is 6.07 Å². The maximum absolute atomic E-state index is 9.37. The van der Waals surface area contributed by atoms with Crippen molar-refractivity contribution >= 4 is 5.82 Å². The van der Waals surface area contributed by atoms with Crippen molar-refractivity contribution in [2.45, 2.75) is 32.7 Å². The Hall–Kier alpha value is -1.64. The summed E-state index contributed by atoms with van der Waals surface area (Å²) in [6.45, 7) is 6.26. The zero-order chi connectivity index (χ0) is 14.5. The third-order valence-corrected chi connectivity index (χ3v) is 3.71. The molecular formula is C15H22N4O. The van der Waals surface area contributed by atoms with E-state index in [1.807, 2.05) is 24.8 Å². The maximum atomic E-state index is 9.37. The molecule has 2 rings (SSSR count). The van der Waals surface area contributed by atoms with Crippen LogP contribution in [-0.4, -0.2) is 42.4 Å². The first-order valence-electron chi connectivity index (χ1n) is 7.13. The number of anilines is 1. The molecule has 1 aliphatic heterocycles. The molecular weight excluding hydrogens is 252 g/mol. The van der Waals surface area contributed by atoms with Gasteiger partial charge >= 0.3 is 0 Å². The second-order valence-corrected chi connectivity index (χ2v) is 5.35. The molecule has 0 radical (unpaired) electrons. The van der Waals surface area contributed by atoms with E-state index in [0.717, 1.165) is 30.8 Å². The quantitative estimate of drug-likeness (QED) is 0.842. The normalized spacial score (nSPS) is 18.0. The van der Waals surface area contributed by atoms with Gasteiger partial charge in [-0.1, -0.05) is 0 Å². The maximum Gasteiger partial charge on any atom is 0.147 e. The summed E-state index contributed by atoms with van der Waals surface area (Å²) in [5.74, 6) is 0.702. The molecule has 0 spiro atoms. The highest BCUT2D eigenvalue weighted by molar-refractivity contribution is 5.58. The van der Waals surface area contributed by atoms with Gasteiger partial charge in [-0.3, -0.25) is 0 Å². The van der Waals surface area contributed by atoms with Crippen LogP contribution >= 0.6 is 0 Å². The number of aliphatic hydroxyl groups excluding tert-OH is 1. The number of pyridine rings is 1. The lowest BCUT2D eigenvalue weighted by Gasteiger charge is -2.27. The zero-order valence-corrected chi connectivity index (χ0v) is 12.2. The van der Waals surface area contributed by atoms with Gasteiger partial charge < -0.3 is 15.3 Å². The Bertz CT molecular complexity index is 503. The molecule has 0 bridgehead atoms. The highest BCUT2D eigenvalue weighted by atomic mass is 16.3. The van der Waals surface area contributed by atoms with E-state index in [1.54, 1.807) is 0 Å². The fraction of sp³-hybridized carbons (Fsp3) is 0.600. The van der Waals surface area contributed by atoms with Crippen molar-refractivity contribution in [2.24, 2.45) is 0 Å². The second-order valence-electron chi connectivity index (χ2n) is 5.35. The van der Waals surface area contributed by atoms with Crippen LogP contribution in [-0.2, 0) is 0 Å². The molecule has 1 atom stereocenters. The zero-order valence-electron chi connectivity index (χ0n) is 12.2. The standard InChI is InChI=1S/C15H22N4O/c1-11-8-12(2)18-15(14(11)9-16)19(6-7-20)10-13-4-3-5-17-13/h8,13,17,20H,3-7,10H2,1-2H3. The lowest BCUT2D eigenvalue weighted by atomic mass is 10.1. The van der Waals surface area contributed by atoms with E-state index in [1.165, 1.54) is 6.42 Å². The van der Waals surface area contributed by atoms with Crippen molar-refractivity contribution < 1.29 is 5.11 Å². The Morgan fingerprint density at radius 3 is 2.95 bits per heavy atom. The average Bonchev–Trinajstić information content (AvgIpc) is 2.90. The van der Waals surface area contributed by atoms with Crippen molar-refractivity contribution in [3.63, 3.8) is 0 Å². The number of aryl methyl sites for hydroxylation is 2. The van der Waals surface area contributed by atoms with E-state index in [9.17, 15) is 10.4 Å². The summed E-state index contributed by atoms with van der Waals surface area (Å²) in [4.78, 5) is 6.56. The summed E-state index contributed by atoms with van der Waals surface area (Å²) in [7, 11) is 0. The molecule has 108 valence electrons. The summed E-state index contributed by atoms with van der Waals surface area (Å²) in [6.07, 6.45) is 2.32. The summed E-state index contributed by atoms with van der Waals surface area (Å²) >= 11 is 0. The topological polar surface area (TPSA) is 72.2 Å². The molecule has 1 aliphatic rings. The molecule has 5 nitrogen and oxygen atoms in total. The minimum atomic E-state index is 0.0618. The highest BCUT2D eigenvalue weighted by Gasteiger charge is 2.21. The lowest BCUT2D eigenvalue weighted by Crippen LogP contribution is -2.40. The highest BCUT2D eigenvalue weighted by Crippen LogP contribution is 2.22. The number of nitrogens with one attached hydrogen (secondary N) is 1. The second kappa shape index (κ2) is 6.69. The van der Waals surface area contributed by atoms with E-state index in [-0.39, 0.29) is 6.61 Å². The van der Waals surface area contributed by atoms with Gasteiger partial charge in [-0.05, 0) is 44.9 Å². The molecule has 1 fully saturated rings. The van der Waals surface area contributed by atoms with Gasteiger partial charge in [0.1, 0.15) is 11.9 Å². The number of rotatable bonds is 5. The van der Waals surface area contributed by atoms with Crippen molar-refractivity contribution in [3.05, 3.63) is 22.9 Å². The van der Waals surface area contributed by atoms with E-state index in [4.69, 9.17) is 0 Å². The summed E-state index contributed by atoms with van der Waals surface area (Å²) in [5, 5.41) is 22.1. The molecule has 0 amide bonds. The first-order chi connectivity index (χ1) is 9.65. The van der Waals surface area contributed by atoms with E-state index < -0.39 is 0 Å². The number of hydrogen-bond acceptors (Lipinski definition) is 5. The molecule has 0 aliphatic carbocycles. The van der Waals surface area contributed by atoms with Crippen molar-refractivity contribution in [3.8, 4) is 6.07 Å². The van der Waals surface area contributed by atoms with Crippen molar-refractivity contribution in [2.75, 3.05) is 31.1 Å². The molecule has 5 heteroatoms. The summed E-state index contributed by atoms with van der Waals surface area (Å²) < 4.78 is 0. The molecule has 1 aromatic rings. The van der Waals surface area contributed by atoms with Gasteiger partial charge in [0.2, 0.25) is 0 Å². The molecule has 2 N–H and O–H groups in total. The van der Waals surface area contributed by atoms with Gasteiger partial charge in [0.25, 0.3) is 0 Å². The minimum Gasteiger partial charge on any atom is -0.395 e. The predicted molar refractivity (Wildman–Crippen MR) is 78.7 cm³/mol. The molecule has 1 unspecified atom stereocenters. The van der Waals surface area contributed by atoms with Crippen LogP contribution in [0.4, 0.5) is 5.82 Å². The molecule has 1 saturated heterocycles. The largest absolute Gasteiger partial charge is 0.395 e. The van der Waals surface area contributed by atoms with Crippen LogP contribution in [0.1, 0.15) is 29.7 Å². The fourth-order valence-corrected chi connectivity index (χ4v) is 2.77. The van der Waals surface area contributed by atoms with Crippen LogP contribution in [0.3, 0.4) is 0 Å². The summed E-state index contributed by atoms with van der Waals surface area (Å²) in [5.41, 5.74) is 2.46. The Kier molecular flexibility index (Phi) is 4.94. The van der Waals surface area contributed by atoms with Gasteiger partial charge in [-0.15, -0.1) is 0 Å². The minimum absolute atomic E-state index is 0.0618. The van der Waals surface area contributed by atoms with Crippen molar-refractivity contribution in [1.29, 1.82) is 5.26 Å². The third kappa shape index (κ3) is 3.27. The van der Waals surface area contributed by atoms with E-state index >= 15 is 0 Å².